The summed E-state index contributed by atoms with van der Waals surface area (Å²) in [7, 11) is 0. The Kier molecular flexibility index (Phi) is 7.35. The van der Waals surface area contributed by atoms with E-state index in [2.05, 4.69) is 77.9 Å². The van der Waals surface area contributed by atoms with Crippen molar-refractivity contribution in [2.45, 2.75) is 71.6 Å². The molecule has 0 spiro atoms. The molecule has 148 valence electrons. The first-order chi connectivity index (χ1) is 12.7. The Balaban J connectivity index is 1.73. The van der Waals surface area contributed by atoms with Gasteiger partial charge in [0.2, 0.25) is 0 Å². The quantitative estimate of drug-likeness (QED) is 0.471. The molecule has 2 heteroatoms. The fourth-order valence-corrected chi connectivity index (χ4v) is 3.17. The standard InChI is InChI=1S/C25H36O2/c1-24(2,3)20-14-8-10-16-22(20)26-18-12-7-13-19-27-23-17-11-9-15-21(23)25(4,5)6/h8-11,14-17H,7,12-13,18-19H2,1-6H3. The van der Waals surface area contributed by atoms with Crippen LogP contribution in [0.2, 0.25) is 0 Å². The molecule has 0 unspecified atom stereocenters. The highest BCUT2D eigenvalue weighted by atomic mass is 16.5. The van der Waals surface area contributed by atoms with Gasteiger partial charge in [-0.1, -0.05) is 77.9 Å². The molecule has 0 heterocycles. The number of hydrogen-bond acceptors (Lipinski definition) is 2. The molecule has 0 radical (unpaired) electrons. The summed E-state index contributed by atoms with van der Waals surface area (Å²) in [5.74, 6) is 2.03. The van der Waals surface area contributed by atoms with Crippen LogP contribution in [0, 0.1) is 0 Å². The largest absolute Gasteiger partial charge is 0.493 e. The van der Waals surface area contributed by atoms with E-state index < -0.39 is 0 Å². The van der Waals surface area contributed by atoms with Crippen LogP contribution in [-0.4, -0.2) is 13.2 Å². The third kappa shape index (κ3) is 6.61. The average molecular weight is 369 g/mol. The van der Waals surface area contributed by atoms with Gasteiger partial charge in [0.1, 0.15) is 11.5 Å². The van der Waals surface area contributed by atoms with Crippen molar-refractivity contribution in [2.24, 2.45) is 0 Å². The lowest BCUT2D eigenvalue weighted by Crippen LogP contribution is -2.14. The first kappa shape index (κ1) is 21.3. The van der Waals surface area contributed by atoms with Crippen LogP contribution in [-0.2, 0) is 10.8 Å². The van der Waals surface area contributed by atoms with Gasteiger partial charge >= 0.3 is 0 Å². The molecule has 0 amide bonds. The summed E-state index contributed by atoms with van der Waals surface area (Å²) in [6, 6.07) is 16.7. The van der Waals surface area contributed by atoms with Crippen LogP contribution >= 0.6 is 0 Å². The molecule has 2 nitrogen and oxygen atoms in total. The molecule has 0 aliphatic heterocycles. The zero-order valence-corrected chi connectivity index (χ0v) is 18.0. The Hall–Kier alpha value is -1.96. The second-order valence-corrected chi connectivity index (χ2v) is 9.25. The summed E-state index contributed by atoms with van der Waals surface area (Å²) in [6.07, 6.45) is 3.20. The maximum Gasteiger partial charge on any atom is 0.123 e. The van der Waals surface area contributed by atoms with Gasteiger partial charge in [-0.15, -0.1) is 0 Å². The summed E-state index contributed by atoms with van der Waals surface area (Å²) in [4.78, 5) is 0. The van der Waals surface area contributed by atoms with Crippen LogP contribution in [0.4, 0.5) is 0 Å². The molecule has 0 atom stereocenters. The summed E-state index contributed by atoms with van der Waals surface area (Å²) in [5, 5.41) is 0. The average Bonchev–Trinajstić information content (AvgIpc) is 2.60. The van der Waals surface area contributed by atoms with E-state index in [1.54, 1.807) is 0 Å². The van der Waals surface area contributed by atoms with E-state index in [1.165, 1.54) is 11.1 Å². The van der Waals surface area contributed by atoms with Crippen molar-refractivity contribution in [1.29, 1.82) is 0 Å². The fraction of sp³-hybridized carbons (Fsp3) is 0.520. The predicted octanol–water partition coefficient (Wildman–Crippen LogP) is 6.91. The number of hydrogen-bond donors (Lipinski definition) is 0. The lowest BCUT2D eigenvalue weighted by Gasteiger charge is -2.23. The Labute approximate surface area is 165 Å². The highest BCUT2D eigenvalue weighted by molar-refractivity contribution is 5.39. The zero-order valence-electron chi connectivity index (χ0n) is 18.0. The second-order valence-electron chi connectivity index (χ2n) is 9.25. The maximum atomic E-state index is 6.05. The molecule has 2 aromatic carbocycles. The maximum absolute atomic E-state index is 6.05. The normalized spacial score (nSPS) is 12.1. The van der Waals surface area contributed by atoms with E-state index in [4.69, 9.17) is 9.47 Å². The molecule has 2 rings (SSSR count). The minimum Gasteiger partial charge on any atom is -0.493 e. The van der Waals surface area contributed by atoms with Crippen LogP contribution in [0.25, 0.3) is 0 Å². The Morgan fingerprint density at radius 2 is 0.926 bits per heavy atom. The Morgan fingerprint density at radius 1 is 0.556 bits per heavy atom. The summed E-state index contributed by atoms with van der Waals surface area (Å²) >= 11 is 0. The van der Waals surface area contributed by atoms with E-state index in [-0.39, 0.29) is 10.8 Å². The van der Waals surface area contributed by atoms with Gasteiger partial charge in [0.25, 0.3) is 0 Å². The third-order valence-electron chi connectivity index (χ3n) is 4.69. The number of benzene rings is 2. The molecule has 0 N–H and O–H groups in total. The van der Waals surface area contributed by atoms with Gasteiger partial charge in [0.15, 0.2) is 0 Å². The molecule has 0 bridgehead atoms. The second kappa shape index (κ2) is 9.30. The van der Waals surface area contributed by atoms with Gasteiger partial charge < -0.3 is 9.47 Å². The SMILES string of the molecule is CC(C)(C)c1ccccc1OCCCCCOc1ccccc1C(C)(C)C. The molecule has 0 saturated carbocycles. The summed E-state index contributed by atoms with van der Waals surface area (Å²) in [5.41, 5.74) is 2.75. The molecule has 0 aromatic heterocycles. The minimum absolute atomic E-state index is 0.102. The van der Waals surface area contributed by atoms with E-state index in [9.17, 15) is 0 Å². The van der Waals surface area contributed by atoms with Gasteiger partial charge in [-0.05, 0) is 53.4 Å². The van der Waals surface area contributed by atoms with Crippen LogP contribution in [0.5, 0.6) is 11.5 Å². The summed E-state index contributed by atoms with van der Waals surface area (Å²) < 4.78 is 12.1. The first-order valence-corrected chi connectivity index (χ1v) is 10.1. The lowest BCUT2D eigenvalue weighted by molar-refractivity contribution is 0.273. The Bertz CT molecular complexity index is 643. The molecule has 27 heavy (non-hydrogen) atoms. The third-order valence-corrected chi connectivity index (χ3v) is 4.69. The highest BCUT2D eigenvalue weighted by Crippen LogP contribution is 2.32. The molecule has 0 aliphatic carbocycles. The Morgan fingerprint density at radius 3 is 1.30 bits per heavy atom. The molecule has 0 saturated heterocycles. The number of ether oxygens (including phenoxy) is 2. The zero-order chi connectivity index (χ0) is 19.9. The van der Waals surface area contributed by atoms with Crippen LogP contribution < -0.4 is 9.47 Å². The van der Waals surface area contributed by atoms with Crippen molar-refractivity contribution in [1.82, 2.24) is 0 Å². The van der Waals surface area contributed by atoms with Crippen LogP contribution in [0.1, 0.15) is 71.9 Å². The molecule has 0 fully saturated rings. The first-order valence-electron chi connectivity index (χ1n) is 10.1. The van der Waals surface area contributed by atoms with Crippen molar-refractivity contribution < 1.29 is 9.47 Å². The molecular formula is C25H36O2. The lowest BCUT2D eigenvalue weighted by atomic mass is 9.86. The predicted molar refractivity (Wildman–Crippen MR) is 115 cm³/mol. The van der Waals surface area contributed by atoms with E-state index in [0.29, 0.717) is 0 Å². The van der Waals surface area contributed by atoms with Gasteiger partial charge in [-0.2, -0.15) is 0 Å². The summed E-state index contributed by atoms with van der Waals surface area (Å²) in [6.45, 7) is 14.9. The topological polar surface area (TPSA) is 18.5 Å². The van der Waals surface area contributed by atoms with Crippen molar-refractivity contribution >= 4 is 0 Å². The number of unbranched alkanes of at least 4 members (excludes halogenated alkanes) is 2. The van der Waals surface area contributed by atoms with Crippen molar-refractivity contribution in [3.63, 3.8) is 0 Å². The van der Waals surface area contributed by atoms with Crippen molar-refractivity contribution in [3.05, 3.63) is 59.7 Å². The molecular weight excluding hydrogens is 332 g/mol. The van der Waals surface area contributed by atoms with Crippen LogP contribution in [0.15, 0.2) is 48.5 Å². The van der Waals surface area contributed by atoms with Crippen molar-refractivity contribution in [3.8, 4) is 11.5 Å². The molecule has 2 aromatic rings. The van der Waals surface area contributed by atoms with E-state index in [1.807, 2.05) is 12.1 Å². The van der Waals surface area contributed by atoms with Crippen molar-refractivity contribution in [2.75, 3.05) is 13.2 Å². The van der Waals surface area contributed by atoms with Gasteiger partial charge in [0.05, 0.1) is 13.2 Å². The van der Waals surface area contributed by atoms with Gasteiger partial charge in [-0.25, -0.2) is 0 Å². The van der Waals surface area contributed by atoms with Gasteiger partial charge in [0, 0.05) is 0 Å². The monoisotopic (exact) mass is 368 g/mol. The van der Waals surface area contributed by atoms with Gasteiger partial charge in [-0.3, -0.25) is 0 Å². The highest BCUT2D eigenvalue weighted by Gasteiger charge is 2.19. The minimum atomic E-state index is 0.102. The molecule has 0 aliphatic rings. The van der Waals surface area contributed by atoms with E-state index in [0.717, 1.165) is 44.0 Å². The smallest absolute Gasteiger partial charge is 0.123 e. The fourth-order valence-electron chi connectivity index (χ4n) is 3.17. The van der Waals surface area contributed by atoms with E-state index >= 15 is 0 Å². The van der Waals surface area contributed by atoms with Crippen LogP contribution in [0.3, 0.4) is 0 Å². The number of rotatable bonds is 8. The number of para-hydroxylation sites is 2.